The number of hydrogen-bond donors (Lipinski definition) is 0. The summed E-state index contributed by atoms with van der Waals surface area (Å²) in [6.45, 7) is 10.2. The summed E-state index contributed by atoms with van der Waals surface area (Å²) in [5, 5.41) is 0.727. The fourth-order valence-corrected chi connectivity index (χ4v) is 7.02. The zero-order valence-corrected chi connectivity index (χ0v) is 25.8. The molecular formula is C32H36ClF2N5O4. The quantitative estimate of drug-likeness (QED) is 0.353. The molecule has 4 atom stereocenters. The number of halogens is 3. The Bertz CT molecular complexity index is 1680. The number of ether oxygens (including phenoxy) is 2. The first-order chi connectivity index (χ1) is 21.1. The second-order valence-corrected chi connectivity index (χ2v) is 12.4. The van der Waals surface area contributed by atoms with Crippen molar-refractivity contribution in [3.05, 3.63) is 64.1 Å². The van der Waals surface area contributed by atoms with Gasteiger partial charge >= 0.3 is 5.69 Å². The lowest BCUT2D eigenvalue weighted by molar-refractivity contribution is -0.128. The lowest BCUT2D eigenvalue weighted by Gasteiger charge is -2.45. The number of likely N-dealkylation sites (N-methyl/N-ethyl adjacent to an activating group) is 1. The molecule has 0 N–H and O–H groups in total. The summed E-state index contributed by atoms with van der Waals surface area (Å²) in [5.41, 5.74) is 0.214. The predicted octanol–water partition coefficient (Wildman–Crippen LogP) is 4.65. The molecule has 3 aliphatic heterocycles. The predicted molar refractivity (Wildman–Crippen MR) is 166 cm³/mol. The number of hydrogen-bond acceptors (Lipinski definition) is 7. The van der Waals surface area contributed by atoms with Crippen LogP contribution in [-0.2, 0) is 9.53 Å². The van der Waals surface area contributed by atoms with Crippen LogP contribution in [0.25, 0.3) is 22.0 Å². The number of piperazine rings is 1. The van der Waals surface area contributed by atoms with Crippen LogP contribution in [0.5, 0.6) is 5.75 Å². The Kier molecular flexibility index (Phi) is 8.38. The van der Waals surface area contributed by atoms with E-state index in [2.05, 4.69) is 23.5 Å². The van der Waals surface area contributed by atoms with Crippen molar-refractivity contribution in [1.82, 2.24) is 19.4 Å². The van der Waals surface area contributed by atoms with Gasteiger partial charge < -0.3 is 24.2 Å². The molecule has 6 rings (SSSR count). The molecule has 0 unspecified atom stereocenters. The molecule has 0 radical (unpaired) electrons. The lowest BCUT2D eigenvalue weighted by Crippen LogP contribution is -2.58. The Balaban J connectivity index is 1.47. The van der Waals surface area contributed by atoms with Gasteiger partial charge in [-0.3, -0.25) is 9.36 Å². The van der Waals surface area contributed by atoms with Crippen molar-refractivity contribution in [3.8, 4) is 16.9 Å². The van der Waals surface area contributed by atoms with Gasteiger partial charge in [0, 0.05) is 53.8 Å². The highest BCUT2D eigenvalue weighted by molar-refractivity contribution is 6.35. The number of aromatic nitrogens is 2. The summed E-state index contributed by atoms with van der Waals surface area (Å²) in [5.74, 6) is -1.05. The largest absolute Gasteiger partial charge is 0.488 e. The Labute approximate surface area is 259 Å². The number of carbonyl (C=O) groups excluding carboxylic acids is 1. The fraction of sp³-hybridized carbons (Fsp3) is 0.469. The van der Waals surface area contributed by atoms with Gasteiger partial charge in [-0.05, 0) is 64.6 Å². The Hall–Kier alpha value is -3.54. The highest BCUT2D eigenvalue weighted by Crippen LogP contribution is 2.47. The molecule has 2 fully saturated rings. The fourth-order valence-electron chi connectivity index (χ4n) is 6.72. The summed E-state index contributed by atoms with van der Waals surface area (Å²) >= 11 is 6.85. The molecule has 12 heteroatoms. The monoisotopic (exact) mass is 627 g/mol. The van der Waals surface area contributed by atoms with Crippen molar-refractivity contribution in [3.63, 3.8) is 0 Å². The van der Waals surface area contributed by atoms with E-state index in [0.717, 1.165) is 31.5 Å². The molecule has 1 amide bonds. The summed E-state index contributed by atoms with van der Waals surface area (Å²) in [6.07, 6.45) is 3.47. The van der Waals surface area contributed by atoms with Crippen LogP contribution in [0.1, 0.15) is 32.7 Å². The third kappa shape index (κ3) is 5.35. The van der Waals surface area contributed by atoms with E-state index < -0.39 is 23.4 Å². The minimum atomic E-state index is -0.800. The van der Waals surface area contributed by atoms with Gasteiger partial charge in [0.05, 0.1) is 29.8 Å². The van der Waals surface area contributed by atoms with Gasteiger partial charge in [-0.1, -0.05) is 18.2 Å². The number of amides is 1. The van der Waals surface area contributed by atoms with Crippen molar-refractivity contribution in [2.45, 2.75) is 50.9 Å². The topological polar surface area (TPSA) is 80.1 Å². The SMILES string of the molecule is C=CC(=O)N1C[C@H](C)N(c2nc(=O)n3c4c(c(-c5ccc(F)cc5F)c(Cl)cc24)OC[C@@H]3COC[C@H]2CCCN2C)C[C@H]1C. The van der Waals surface area contributed by atoms with E-state index in [4.69, 9.17) is 21.1 Å². The Morgan fingerprint density at radius 1 is 1.18 bits per heavy atom. The average molecular weight is 628 g/mol. The Morgan fingerprint density at radius 2 is 1.95 bits per heavy atom. The minimum Gasteiger partial charge on any atom is -0.488 e. The molecular weight excluding hydrogens is 592 g/mol. The zero-order valence-electron chi connectivity index (χ0n) is 25.1. The zero-order chi connectivity index (χ0) is 31.3. The first-order valence-corrected chi connectivity index (χ1v) is 15.3. The van der Waals surface area contributed by atoms with Gasteiger partial charge in [-0.2, -0.15) is 4.98 Å². The van der Waals surface area contributed by atoms with E-state index in [9.17, 15) is 14.0 Å². The Morgan fingerprint density at radius 3 is 2.66 bits per heavy atom. The number of rotatable bonds is 7. The highest BCUT2D eigenvalue weighted by Gasteiger charge is 2.36. The molecule has 0 saturated carbocycles. The highest BCUT2D eigenvalue weighted by atomic mass is 35.5. The third-order valence-corrected chi connectivity index (χ3v) is 9.39. The molecule has 44 heavy (non-hydrogen) atoms. The minimum absolute atomic E-state index is 0.0585. The maximum absolute atomic E-state index is 15.1. The van der Waals surface area contributed by atoms with Gasteiger partial charge in [0.1, 0.15) is 24.1 Å². The summed E-state index contributed by atoms with van der Waals surface area (Å²) in [6, 6.07) is 4.37. The third-order valence-electron chi connectivity index (χ3n) is 9.09. The van der Waals surface area contributed by atoms with Gasteiger partial charge in [-0.15, -0.1) is 0 Å². The van der Waals surface area contributed by atoms with Crippen LogP contribution in [0.4, 0.5) is 14.6 Å². The standard InChI is InChI=1S/C32H36ClF2N5O4/c1-5-27(41)38-13-19(3)39(14-18(38)2)31-24-12-25(33)28(23-9-8-20(34)11-26(23)35)30-29(24)40(32(42)36-31)22(17-44-30)16-43-15-21-7-6-10-37(21)4/h5,8-9,11-12,18-19,21-22H,1,6-7,10,13-17H2,2-4H3/t18-,19+,21-,22+/m1/s1. The smallest absolute Gasteiger partial charge is 0.350 e. The normalized spacial score (nSPS) is 23.7. The van der Waals surface area contributed by atoms with Crippen LogP contribution in [0.2, 0.25) is 5.02 Å². The van der Waals surface area contributed by atoms with Crippen LogP contribution in [-0.4, -0.2) is 89.9 Å². The molecule has 3 aromatic rings. The van der Waals surface area contributed by atoms with Crippen molar-refractivity contribution < 1.29 is 23.0 Å². The van der Waals surface area contributed by atoms with E-state index >= 15 is 4.39 Å². The van der Waals surface area contributed by atoms with Crippen molar-refractivity contribution in [2.24, 2.45) is 0 Å². The molecule has 4 heterocycles. The first kappa shape index (κ1) is 30.5. The molecule has 9 nitrogen and oxygen atoms in total. The molecule has 3 aliphatic rings. The summed E-state index contributed by atoms with van der Waals surface area (Å²) in [4.78, 5) is 37.0. The van der Waals surface area contributed by atoms with E-state index in [1.807, 2.05) is 18.7 Å². The van der Waals surface area contributed by atoms with Crippen LogP contribution in [0, 0.1) is 11.6 Å². The number of likely N-dealkylation sites (tertiary alicyclic amines) is 1. The molecule has 0 bridgehead atoms. The van der Waals surface area contributed by atoms with Crippen molar-refractivity contribution >= 4 is 34.2 Å². The van der Waals surface area contributed by atoms with Gasteiger partial charge in [0.15, 0.2) is 5.75 Å². The van der Waals surface area contributed by atoms with E-state index in [0.29, 0.717) is 42.5 Å². The van der Waals surface area contributed by atoms with Gasteiger partial charge in [-0.25, -0.2) is 13.6 Å². The van der Waals surface area contributed by atoms with Gasteiger partial charge in [0.25, 0.3) is 0 Å². The molecule has 2 aromatic carbocycles. The number of benzene rings is 2. The van der Waals surface area contributed by atoms with E-state index in [1.54, 1.807) is 15.5 Å². The number of anilines is 1. The maximum atomic E-state index is 15.1. The lowest BCUT2D eigenvalue weighted by atomic mass is 9.99. The molecule has 0 spiro atoms. The van der Waals surface area contributed by atoms with Crippen LogP contribution < -0.4 is 15.3 Å². The van der Waals surface area contributed by atoms with Crippen LogP contribution in [0.15, 0.2) is 41.7 Å². The van der Waals surface area contributed by atoms with Crippen molar-refractivity contribution in [1.29, 1.82) is 0 Å². The molecule has 1 aromatic heterocycles. The van der Waals surface area contributed by atoms with Crippen molar-refractivity contribution in [2.75, 3.05) is 51.4 Å². The first-order valence-electron chi connectivity index (χ1n) is 14.9. The van der Waals surface area contributed by atoms with Crippen LogP contribution >= 0.6 is 11.6 Å². The second kappa shape index (κ2) is 12.1. The molecule has 0 aliphatic carbocycles. The van der Waals surface area contributed by atoms with E-state index in [1.165, 1.54) is 12.1 Å². The molecule has 234 valence electrons. The van der Waals surface area contributed by atoms with Crippen LogP contribution in [0.3, 0.4) is 0 Å². The number of carbonyl (C=O) groups is 1. The molecule has 2 saturated heterocycles. The van der Waals surface area contributed by atoms with E-state index in [-0.39, 0.29) is 53.1 Å². The summed E-state index contributed by atoms with van der Waals surface area (Å²) < 4.78 is 43.0. The average Bonchev–Trinajstić information content (AvgIpc) is 3.40. The summed E-state index contributed by atoms with van der Waals surface area (Å²) in [7, 11) is 2.08. The van der Waals surface area contributed by atoms with Gasteiger partial charge in [0.2, 0.25) is 5.91 Å². The maximum Gasteiger partial charge on any atom is 0.350 e. The second-order valence-electron chi connectivity index (χ2n) is 12.0. The number of nitrogens with zero attached hydrogens (tertiary/aromatic N) is 5.